The highest BCUT2D eigenvalue weighted by Crippen LogP contribution is 2.33. The largest absolute Gasteiger partial charge is 0.337 e. The molecule has 194 valence electrons. The van der Waals surface area contributed by atoms with E-state index >= 15 is 0 Å². The monoisotopic (exact) mass is 535 g/mol. The minimum atomic E-state index is 0.0211. The predicted octanol–water partition coefficient (Wildman–Crippen LogP) is 5.01. The van der Waals surface area contributed by atoms with Gasteiger partial charge in [-0.3, -0.25) is 19.9 Å². The van der Waals surface area contributed by atoms with Gasteiger partial charge in [-0.2, -0.15) is 5.10 Å². The molecule has 1 saturated heterocycles. The SMILES string of the molecule is O=C(CC1CCNCC1)Nc1cncc(-c2cnc3n[nH]c(-c4nc5c(-c6cccs6)nccc5[nH]4)c3c2)c1. The normalized spacial score (nSPS) is 14.3. The minimum absolute atomic E-state index is 0.0211. The van der Waals surface area contributed by atoms with Gasteiger partial charge in [0.1, 0.15) is 16.9 Å². The zero-order chi connectivity index (χ0) is 26.2. The Labute approximate surface area is 227 Å². The molecule has 0 spiro atoms. The summed E-state index contributed by atoms with van der Waals surface area (Å²) < 4.78 is 0. The maximum atomic E-state index is 12.6. The number of nitrogens with zero attached hydrogens (tertiary/aromatic N) is 5. The molecule has 4 N–H and O–H groups in total. The molecule has 0 aliphatic carbocycles. The molecule has 0 aromatic carbocycles. The fourth-order valence-corrected chi connectivity index (χ4v) is 5.83. The van der Waals surface area contributed by atoms with Crippen molar-refractivity contribution in [3.8, 4) is 33.2 Å². The number of anilines is 1. The standard InChI is InChI=1S/C28H25N9OS/c38-23(10-16-3-6-29-7-4-16)33-19-11-17(13-30-15-19)18-12-20-24(36-37-27(20)32-14-18)28-34-21-5-8-31-26(25(21)35-28)22-2-1-9-39-22/h1-2,5,8-9,11-16,29H,3-4,6-7,10H2,(H,33,38)(H,34,35)(H,32,36,37). The van der Waals surface area contributed by atoms with Gasteiger partial charge < -0.3 is 15.6 Å². The zero-order valence-electron chi connectivity index (χ0n) is 20.9. The van der Waals surface area contributed by atoms with Crippen LogP contribution in [-0.4, -0.2) is 54.1 Å². The Morgan fingerprint density at radius 3 is 2.85 bits per heavy atom. The summed E-state index contributed by atoms with van der Waals surface area (Å²) in [6, 6.07) is 9.91. The van der Waals surface area contributed by atoms with Crippen LogP contribution in [-0.2, 0) is 4.79 Å². The van der Waals surface area contributed by atoms with Gasteiger partial charge in [0.15, 0.2) is 11.5 Å². The maximum absolute atomic E-state index is 12.6. The predicted molar refractivity (Wildman–Crippen MR) is 152 cm³/mol. The van der Waals surface area contributed by atoms with E-state index in [2.05, 4.69) is 40.8 Å². The van der Waals surface area contributed by atoms with Gasteiger partial charge >= 0.3 is 0 Å². The van der Waals surface area contributed by atoms with E-state index < -0.39 is 0 Å². The van der Waals surface area contributed by atoms with Crippen molar-refractivity contribution >= 4 is 45.0 Å². The van der Waals surface area contributed by atoms with Gasteiger partial charge in [-0.05, 0) is 61.5 Å². The van der Waals surface area contributed by atoms with E-state index in [1.54, 1.807) is 36.1 Å². The zero-order valence-corrected chi connectivity index (χ0v) is 21.8. The molecule has 0 bridgehead atoms. The lowest BCUT2D eigenvalue weighted by atomic mass is 9.94. The number of thiophene rings is 1. The molecular weight excluding hydrogens is 510 g/mol. The molecule has 0 saturated carbocycles. The second-order valence-electron chi connectivity index (χ2n) is 9.72. The highest BCUT2D eigenvalue weighted by atomic mass is 32.1. The molecule has 0 atom stereocenters. The van der Waals surface area contributed by atoms with Crippen molar-refractivity contribution in [2.75, 3.05) is 18.4 Å². The Bertz CT molecular complexity index is 1780. The number of hydrogen-bond donors (Lipinski definition) is 4. The van der Waals surface area contributed by atoms with Crippen molar-refractivity contribution in [2.24, 2.45) is 5.92 Å². The fourth-order valence-electron chi connectivity index (χ4n) is 5.11. The van der Waals surface area contributed by atoms with E-state index in [1.807, 2.05) is 35.7 Å². The van der Waals surface area contributed by atoms with Crippen LogP contribution in [0, 0.1) is 5.92 Å². The summed E-state index contributed by atoms with van der Waals surface area (Å²) in [5.41, 5.74) is 6.26. The molecule has 11 heteroatoms. The highest BCUT2D eigenvalue weighted by molar-refractivity contribution is 7.13. The van der Waals surface area contributed by atoms with Crippen LogP contribution in [0.2, 0.25) is 0 Å². The quantitative estimate of drug-likeness (QED) is 0.235. The summed E-state index contributed by atoms with van der Waals surface area (Å²) >= 11 is 1.63. The van der Waals surface area contributed by atoms with Crippen LogP contribution < -0.4 is 10.6 Å². The Kier molecular flexibility index (Phi) is 6.06. The number of rotatable bonds is 6. The molecule has 39 heavy (non-hydrogen) atoms. The number of H-pyrrole nitrogens is 2. The van der Waals surface area contributed by atoms with Crippen LogP contribution in [0.1, 0.15) is 19.3 Å². The second kappa shape index (κ2) is 10.0. The topological polar surface area (TPSA) is 137 Å². The lowest BCUT2D eigenvalue weighted by molar-refractivity contribution is -0.117. The van der Waals surface area contributed by atoms with E-state index in [-0.39, 0.29) is 5.91 Å². The molecule has 6 aromatic rings. The van der Waals surface area contributed by atoms with Crippen LogP contribution in [0.5, 0.6) is 0 Å². The van der Waals surface area contributed by atoms with E-state index in [0.717, 1.165) is 69.7 Å². The molecule has 0 radical (unpaired) electrons. The fraction of sp³-hybridized carbons (Fsp3) is 0.214. The van der Waals surface area contributed by atoms with E-state index in [1.165, 1.54) is 0 Å². The molecule has 6 aromatic heterocycles. The third-order valence-corrected chi connectivity index (χ3v) is 7.97. The molecule has 7 rings (SSSR count). The molecule has 1 fully saturated rings. The molecule has 0 unspecified atom stereocenters. The van der Waals surface area contributed by atoms with Gasteiger partial charge in [0.2, 0.25) is 5.91 Å². The van der Waals surface area contributed by atoms with Crippen molar-refractivity contribution < 1.29 is 4.79 Å². The van der Waals surface area contributed by atoms with E-state index in [9.17, 15) is 4.79 Å². The number of aromatic amines is 2. The van der Waals surface area contributed by atoms with Crippen LogP contribution in [0.4, 0.5) is 5.69 Å². The molecular formula is C28H25N9OS. The smallest absolute Gasteiger partial charge is 0.224 e. The lowest BCUT2D eigenvalue weighted by Gasteiger charge is -2.21. The summed E-state index contributed by atoms with van der Waals surface area (Å²) in [6.07, 6.45) is 9.58. The van der Waals surface area contributed by atoms with Gasteiger partial charge in [0.25, 0.3) is 0 Å². The Hall–Kier alpha value is -4.48. The molecule has 1 aliphatic heterocycles. The number of pyridine rings is 3. The highest BCUT2D eigenvalue weighted by Gasteiger charge is 2.19. The van der Waals surface area contributed by atoms with Crippen molar-refractivity contribution in [1.29, 1.82) is 0 Å². The summed E-state index contributed by atoms with van der Waals surface area (Å²) in [6.45, 7) is 1.95. The number of aromatic nitrogens is 7. The van der Waals surface area contributed by atoms with Crippen LogP contribution in [0.25, 0.3) is 55.3 Å². The van der Waals surface area contributed by atoms with Crippen molar-refractivity contribution in [3.05, 3.63) is 60.5 Å². The Morgan fingerprint density at radius 1 is 1.08 bits per heavy atom. The number of amides is 1. The first kappa shape index (κ1) is 23.6. The van der Waals surface area contributed by atoms with Gasteiger partial charge in [-0.15, -0.1) is 11.3 Å². The Morgan fingerprint density at radius 2 is 1.97 bits per heavy atom. The van der Waals surface area contributed by atoms with Crippen LogP contribution >= 0.6 is 11.3 Å². The average Bonchev–Trinajstić information content (AvgIpc) is 3.73. The first-order valence-corrected chi connectivity index (χ1v) is 13.8. The molecule has 1 amide bonds. The number of piperidine rings is 1. The number of carbonyl (C=O) groups excluding carboxylic acids is 1. The van der Waals surface area contributed by atoms with Gasteiger partial charge in [0, 0.05) is 36.1 Å². The summed E-state index contributed by atoms with van der Waals surface area (Å²) in [7, 11) is 0. The van der Waals surface area contributed by atoms with Crippen LogP contribution in [0.3, 0.4) is 0 Å². The van der Waals surface area contributed by atoms with E-state index in [4.69, 9.17) is 4.98 Å². The number of fused-ring (bicyclic) bond motifs is 2. The second-order valence-corrected chi connectivity index (χ2v) is 10.7. The number of hydrogen-bond acceptors (Lipinski definition) is 8. The third-order valence-electron chi connectivity index (χ3n) is 7.09. The van der Waals surface area contributed by atoms with Gasteiger partial charge in [0.05, 0.1) is 27.7 Å². The van der Waals surface area contributed by atoms with E-state index in [0.29, 0.717) is 29.5 Å². The number of imidazole rings is 1. The van der Waals surface area contributed by atoms with Crippen molar-refractivity contribution in [1.82, 2.24) is 40.4 Å². The first-order chi connectivity index (χ1) is 19.2. The molecule has 7 heterocycles. The number of carbonyl (C=O) groups is 1. The third kappa shape index (κ3) is 4.66. The Balaban J connectivity index is 1.19. The first-order valence-electron chi connectivity index (χ1n) is 12.9. The van der Waals surface area contributed by atoms with Crippen molar-refractivity contribution in [2.45, 2.75) is 19.3 Å². The summed E-state index contributed by atoms with van der Waals surface area (Å²) in [5, 5.41) is 16.7. The summed E-state index contributed by atoms with van der Waals surface area (Å²) in [5.74, 6) is 1.10. The average molecular weight is 536 g/mol. The summed E-state index contributed by atoms with van der Waals surface area (Å²) in [4.78, 5) is 35.5. The number of nitrogens with one attached hydrogen (secondary N) is 4. The molecule has 1 aliphatic rings. The maximum Gasteiger partial charge on any atom is 0.224 e. The van der Waals surface area contributed by atoms with Crippen molar-refractivity contribution in [3.63, 3.8) is 0 Å². The van der Waals surface area contributed by atoms with Crippen LogP contribution in [0.15, 0.2) is 60.5 Å². The minimum Gasteiger partial charge on any atom is -0.337 e. The lowest BCUT2D eigenvalue weighted by Crippen LogP contribution is -2.30. The molecule has 10 nitrogen and oxygen atoms in total. The van der Waals surface area contributed by atoms with Gasteiger partial charge in [-0.1, -0.05) is 6.07 Å². The van der Waals surface area contributed by atoms with Gasteiger partial charge in [-0.25, -0.2) is 9.97 Å².